The standard InChI is InChI=1S/C13H11OP/c14-15-13(11-7-3-1-4-8-11)12-9-5-2-6-10-12/h1-10,13H. The lowest BCUT2D eigenvalue weighted by molar-refractivity contribution is 0.595. The van der Waals surface area contributed by atoms with Gasteiger partial charge in [-0.25, -0.2) is 0 Å². The highest BCUT2D eigenvalue weighted by atomic mass is 31.1. The molecule has 15 heavy (non-hydrogen) atoms. The van der Waals surface area contributed by atoms with Crippen molar-refractivity contribution in [2.45, 2.75) is 5.66 Å². The molecule has 0 aliphatic carbocycles. The largest absolute Gasteiger partial charge is 0.274 e. The van der Waals surface area contributed by atoms with Crippen LogP contribution in [0.2, 0.25) is 0 Å². The maximum Gasteiger partial charge on any atom is 0.168 e. The fourth-order valence-corrected chi connectivity index (χ4v) is 2.17. The quantitative estimate of drug-likeness (QED) is 0.704. The lowest BCUT2D eigenvalue weighted by Crippen LogP contribution is -1.91. The van der Waals surface area contributed by atoms with E-state index in [1.165, 1.54) is 0 Å². The summed E-state index contributed by atoms with van der Waals surface area (Å²) in [7, 11) is 0.140. The van der Waals surface area contributed by atoms with Crippen molar-refractivity contribution < 1.29 is 4.57 Å². The van der Waals surface area contributed by atoms with Gasteiger partial charge in [0.15, 0.2) is 8.46 Å². The van der Waals surface area contributed by atoms with Crippen LogP contribution in [0, 0.1) is 0 Å². The van der Waals surface area contributed by atoms with Crippen molar-refractivity contribution in [2.24, 2.45) is 0 Å². The molecule has 0 radical (unpaired) electrons. The highest BCUT2D eigenvalue weighted by molar-refractivity contribution is 7.24. The molecule has 2 rings (SSSR count). The minimum Gasteiger partial charge on any atom is -0.274 e. The highest BCUT2D eigenvalue weighted by Crippen LogP contribution is 2.33. The number of hydrogen-bond acceptors (Lipinski definition) is 1. The number of benzene rings is 2. The van der Waals surface area contributed by atoms with E-state index in [0.29, 0.717) is 0 Å². The molecule has 0 saturated carbocycles. The van der Waals surface area contributed by atoms with Crippen LogP contribution in [0.1, 0.15) is 16.8 Å². The summed E-state index contributed by atoms with van der Waals surface area (Å²) in [6.45, 7) is 0. The molecule has 2 heteroatoms. The number of rotatable bonds is 3. The zero-order valence-corrected chi connectivity index (χ0v) is 9.10. The first kappa shape index (κ1) is 10.1. The summed E-state index contributed by atoms with van der Waals surface area (Å²) < 4.78 is 11.2. The topological polar surface area (TPSA) is 17.1 Å². The van der Waals surface area contributed by atoms with Crippen molar-refractivity contribution in [1.82, 2.24) is 0 Å². The first-order valence-corrected chi connectivity index (χ1v) is 5.72. The highest BCUT2D eigenvalue weighted by Gasteiger charge is 2.12. The molecule has 0 unspecified atom stereocenters. The lowest BCUT2D eigenvalue weighted by atomic mass is 10.0. The molecule has 0 spiro atoms. The Bertz CT molecular complexity index is 385. The van der Waals surface area contributed by atoms with Gasteiger partial charge in [0.2, 0.25) is 0 Å². The van der Waals surface area contributed by atoms with Gasteiger partial charge in [-0.3, -0.25) is 4.57 Å². The zero-order chi connectivity index (χ0) is 10.5. The summed E-state index contributed by atoms with van der Waals surface area (Å²) in [5.41, 5.74) is 2.12. The van der Waals surface area contributed by atoms with E-state index in [1.807, 2.05) is 60.7 Å². The van der Waals surface area contributed by atoms with Crippen LogP contribution >= 0.6 is 8.46 Å². The van der Waals surface area contributed by atoms with E-state index in [0.717, 1.165) is 11.1 Å². The normalized spacial score (nSPS) is 10.7. The van der Waals surface area contributed by atoms with Crippen LogP contribution in [0.5, 0.6) is 0 Å². The number of hydrogen-bond donors (Lipinski definition) is 0. The Morgan fingerprint density at radius 1 is 0.733 bits per heavy atom. The molecule has 0 aliphatic rings. The van der Waals surface area contributed by atoms with E-state index in [-0.39, 0.29) is 14.1 Å². The molecule has 0 atom stereocenters. The molecule has 74 valence electrons. The second-order valence-corrected chi connectivity index (χ2v) is 4.06. The molecule has 1 nitrogen and oxygen atoms in total. The van der Waals surface area contributed by atoms with Gasteiger partial charge in [-0.05, 0) is 11.1 Å². The lowest BCUT2D eigenvalue weighted by Gasteiger charge is -2.09. The van der Waals surface area contributed by atoms with Gasteiger partial charge in [0.05, 0.1) is 5.66 Å². The van der Waals surface area contributed by atoms with Crippen LogP contribution in [0.3, 0.4) is 0 Å². The van der Waals surface area contributed by atoms with E-state index in [9.17, 15) is 4.57 Å². The third kappa shape index (κ3) is 2.31. The molecule has 0 aliphatic heterocycles. The van der Waals surface area contributed by atoms with Gasteiger partial charge in [-0.1, -0.05) is 60.7 Å². The Balaban J connectivity index is 2.38. The Hall–Kier alpha value is -1.46. The maximum atomic E-state index is 11.2. The van der Waals surface area contributed by atoms with Gasteiger partial charge < -0.3 is 0 Å². The molecule has 0 bridgehead atoms. The van der Waals surface area contributed by atoms with Crippen LogP contribution in [-0.4, -0.2) is 0 Å². The second-order valence-electron chi connectivity index (χ2n) is 3.33. The van der Waals surface area contributed by atoms with E-state index >= 15 is 0 Å². The molecule has 2 aromatic rings. The molecule has 2 aromatic carbocycles. The summed E-state index contributed by atoms with van der Waals surface area (Å²) in [4.78, 5) is 0. The molecule has 0 fully saturated rings. The Morgan fingerprint density at radius 3 is 1.47 bits per heavy atom. The minimum atomic E-state index is -0.0487. The molecule has 0 heterocycles. The van der Waals surface area contributed by atoms with Gasteiger partial charge in [-0.15, -0.1) is 0 Å². The van der Waals surface area contributed by atoms with Crippen LogP contribution in [0.15, 0.2) is 60.7 Å². The molecule has 0 N–H and O–H groups in total. The predicted octanol–water partition coefficient (Wildman–Crippen LogP) is 4.07. The summed E-state index contributed by atoms with van der Waals surface area (Å²) >= 11 is 0. The monoisotopic (exact) mass is 214 g/mol. The molecule has 0 saturated heterocycles. The van der Waals surface area contributed by atoms with E-state index < -0.39 is 0 Å². The van der Waals surface area contributed by atoms with Gasteiger partial charge in [0.1, 0.15) is 0 Å². The average molecular weight is 214 g/mol. The summed E-state index contributed by atoms with van der Waals surface area (Å²) in [5.74, 6) is 0. The molecular weight excluding hydrogens is 203 g/mol. The van der Waals surface area contributed by atoms with Crippen LogP contribution in [0.25, 0.3) is 0 Å². The zero-order valence-electron chi connectivity index (χ0n) is 8.21. The second kappa shape index (κ2) is 4.86. The van der Waals surface area contributed by atoms with Crippen LogP contribution < -0.4 is 0 Å². The first-order valence-electron chi connectivity index (χ1n) is 4.84. The van der Waals surface area contributed by atoms with E-state index in [1.54, 1.807) is 0 Å². The third-order valence-electron chi connectivity index (χ3n) is 2.34. The maximum absolute atomic E-state index is 11.2. The Morgan fingerprint density at radius 2 is 1.13 bits per heavy atom. The summed E-state index contributed by atoms with van der Waals surface area (Å²) in [6, 6.07) is 19.8. The summed E-state index contributed by atoms with van der Waals surface area (Å²) in [5, 5.41) is 0. The van der Waals surface area contributed by atoms with Gasteiger partial charge in [0, 0.05) is 0 Å². The van der Waals surface area contributed by atoms with Crippen LogP contribution in [0.4, 0.5) is 0 Å². The van der Waals surface area contributed by atoms with Crippen LogP contribution in [-0.2, 0) is 4.57 Å². The predicted molar refractivity (Wildman–Crippen MR) is 62.3 cm³/mol. The van der Waals surface area contributed by atoms with Crippen molar-refractivity contribution >= 4 is 8.46 Å². The van der Waals surface area contributed by atoms with E-state index in [4.69, 9.17) is 0 Å². The van der Waals surface area contributed by atoms with Crippen molar-refractivity contribution in [1.29, 1.82) is 0 Å². The SMILES string of the molecule is O=PC(c1ccccc1)c1ccccc1. The third-order valence-corrected chi connectivity index (χ3v) is 3.14. The van der Waals surface area contributed by atoms with Gasteiger partial charge >= 0.3 is 0 Å². The summed E-state index contributed by atoms with van der Waals surface area (Å²) in [6.07, 6.45) is 0. The average Bonchev–Trinajstić information content (AvgIpc) is 2.33. The van der Waals surface area contributed by atoms with Crippen molar-refractivity contribution in [3.05, 3.63) is 71.8 Å². The Labute approximate surface area is 91.0 Å². The van der Waals surface area contributed by atoms with Crippen molar-refractivity contribution in [3.63, 3.8) is 0 Å². The van der Waals surface area contributed by atoms with Gasteiger partial charge in [-0.2, -0.15) is 0 Å². The molecule has 0 aromatic heterocycles. The fourth-order valence-electron chi connectivity index (χ4n) is 1.58. The van der Waals surface area contributed by atoms with Crippen molar-refractivity contribution in [2.75, 3.05) is 0 Å². The minimum absolute atomic E-state index is 0.0487. The fraction of sp³-hybridized carbons (Fsp3) is 0.0769. The Kier molecular flexibility index (Phi) is 3.26. The smallest absolute Gasteiger partial charge is 0.168 e. The van der Waals surface area contributed by atoms with Crippen molar-refractivity contribution in [3.8, 4) is 0 Å². The van der Waals surface area contributed by atoms with E-state index in [2.05, 4.69) is 0 Å². The molecule has 0 amide bonds. The van der Waals surface area contributed by atoms with Gasteiger partial charge in [0.25, 0.3) is 0 Å². The first-order chi connectivity index (χ1) is 7.42. The molecular formula is C13H11OP.